The second-order valence-corrected chi connectivity index (χ2v) is 5.95. The minimum atomic E-state index is -0.595. The first-order valence-electron chi connectivity index (χ1n) is 7.67. The number of primary amides is 1. The van der Waals surface area contributed by atoms with Crippen LogP contribution < -0.4 is 5.73 Å². The molecule has 118 valence electrons. The molecule has 0 saturated heterocycles. The Bertz CT molecular complexity index is 736. The Morgan fingerprint density at radius 1 is 1.26 bits per heavy atom. The van der Waals surface area contributed by atoms with Crippen molar-refractivity contribution in [3.05, 3.63) is 65.0 Å². The van der Waals surface area contributed by atoms with E-state index in [1.807, 2.05) is 30.0 Å². The summed E-state index contributed by atoms with van der Waals surface area (Å²) < 4.78 is 0. The fraction of sp³-hybridized carbons (Fsp3) is 0.278. The molecule has 0 radical (unpaired) electrons. The molecule has 1 saturated carbocycles. The van der Waals surface area contributed by atoms with Gasteiger partial charge in [-0.3, -0.25) is 14.6 Å². The number of hydrogen-bond acceptors (Lipinski definition) is 3. The van der Waals surface area contributed by atoms with E-state index in [1.165, 1.54) is 17.8 Å². The fourth-order valence-corrected chi connectivity index (χ4v) is 2.59. The molecule has 23 heavy (non-hydrogen) atoms. The molecule has 1 fully saturated rings. The number of carbonyl (C=O) groups is 2. The molecule has 2 N–H and O–H groups in total. The number of rotatable bonds is 5. The summed E-state index contributed by atoms with van der Waals surface area (Å²) in [5.41, 5.74) is 8.12. The maximum absolute atomic E-state index is 12.8. The van der Waals surface area contributed by atoms with Crippen LogP contribution in [-0.2, 0) is 6.54 Å². The molecule has 3 rings (SSSR count). The van der Waals surface area contributed by atoms with Crippen molar-refractivity contribution in [3.63, 3.8) is 0 Å². The number of aryl methyl sites for hydroxylation is 1. The maximum Gasteiger partial charge on any atom is 0.267 e. The van der Waals surface area contributed by atoms with E-state index >= 15 is 0 Å². The molecule has 0 aliphatic heterocycles. The van der Waals surface area contributed by atoms with Crippen molar-refractivity contribution in [1.29, 1.82) is 0 Å². The van der Waals surface area contributed by atoms with E-state index in [9.17, 15) is 9.59 Å². The van der Waals surface area contributed by atoms with E-state index in [0.29, 0.717) is 18.2 Å². The van der Waals surface area contributed by atoms with Crippen LogP contribution in [0.1, 0.15) is 44.8 Å². The lowest BCUT2D eigenvalue weighted by molar-refractivity contribution is 0.0729. The van der Waals surface area contributed by atoms with Crippen LogP contribution in [0.4, 0.5) is 0 Å². The molecule has 0 atom stereocenters. The summed E-state index contributed by atoms with van der Waals surface area (Å²) in [6.45, 7) is 2.63. The lowest BCUT2D eigenvalue weighted by atomic mass is 10.1. The van der Waals surface area contributed by atoms with Crippen molar-refractivity contribution >= 4 is 11.8 Å². The number of carbonyl (C=O) groups excluding carboxylic acids is 2. The van der Waals surface area contributed by atoms with Crippen molar-refractivity contribution in [2.24, 2.45) is 5.73 Å². The Morgan fingerprint density at radius 2 is 2.04 bits per heavy atom. The lowest BCUT2D eigenvalue weighted by Gasteiger charge is -2.23. The van der Waals surface area contributed by atoms with Crippen molar-refractivity contribution in [3.8, 4) is 0 Å². The Balaban J connectivity index is 1.80. The summed E-state index contributed by atoms with van der Waals surface area (Å²) in [5, 5.41) is 0. The SMILES string of the molecule is Cc1cccc(CN(C(=O)c2ccc(C(N)=O)nc2)C2CC2)c1. The normalized spacial score (nSPS) is 13.6. The molecule has 2 amide bonds. The van der Waals surface area contributed by atoms with Gasteiger partial charge in [-0.05, 0) is 37.5 Å². The first-order valence-corrected chi connectivity index (χ1v) is 7.67. The average molecular weight is 309 g/mol. The molecule has 5 nitrogen and oxygen atoms in total. The Labute approximate surface area is 135 Å². The third-order valence-corrected chi connectivity index (χ3v) is 3.95. The van der Waals surface area contributed by atoms with E-state index in [4.69, 9.17) is 5.73 Å². The van der Waals surface area contributed by atoms with Gasteiger partial charge in [-0.15, -0.1) is 0 Å². The Morgan fingerprint density at radius 3 is 2.61 bits per heavy atom. The molecule has 0 unspecified atom stereocenters. The number of aromatic nitrogens is 1. The molecule has 2 aromatic rings. The van der Waals surface area contributed by atoms with Crippen LogP contribution in [0.2, 0.25) is 0 Å². The van der Waals surface area contributed by atoms with E-state index in [0.717, 1.165) is 18.4 Å². The average Bonchev–Trinajstić information content (AvgIpc) is 3.37. The van der Waals surface area contributed by atoms with Gasteiger partial charge in [0.2, 0.25) is 0 Å². The van der Waals surface area contributed by atoms with Crippen LogP contribution in [0.3, 0.4) is 0 Å². The predicted molar refractivity (Wildman–Crippen MR) is 86.8 cm³/mol. The van der Waals surface area contributed by atoms with Crippen molar-refractivity contribution in [2.45, 2.75) is 32.4 Å². The molecular weight excluding hydrogens is 290 g/mol. The minimum Gasteiger partial charge on any atom is -0.364 e. The summed E-state index contributed by atoms with van der Waals surface area (Å²) >= 11 is 0. The van der Waals surface area contributed by atoms with Crippen LogP contribution in [0.25, 0.3) is 0 Å². The molecule has 1 aliphatic carbocycles. The monoisotopic (exact) mass is 309 g/mol. The second-order valence-electron chi connectivity index (χ2n) is 5.95. The molecule has 1 aliphatic rings. The van der Waals surface area contributed by atoms with Crippen molar-refractivity contribution in [1.82, 2.24) is 9.88 Å². The van der Waals surface area contributed by atoms with Gasteiger partial charge in [0, 0.05) is 18.8 Å². The largest absolute Gasteiger partial charge is 0.364 e. The molecule has 5 heteroatoms. The first kappa shape index (κ1) is 15.2. The molecule has 1 heterocycles. The highest BCUT2D eigenvalue weighted by atomic mass is 16.2. The summed E-state index contributed by atoms with van der Waals surface area (Å²) in [6, 6.07) is 11.6. The number of benzene rings is 1. The van der Waals surface area contributed by atoms with E-state index in [1.54, 1.807) is 6.07 Å². The van der Waals surface area contributed by atoms with E-state index < -0.39 is 5.91 Å². The standard InChI is InChI=1S/C18H19N3O2/c1-12-3-2-4-13(9-12)11-21(15-6-7-15)18(23)14-5-8-16(17(19)22)20-10-14/h2-5,8-10,15H,6-7,11H2,1H3,(H2,19,22). The summed E-state index contributed by atoms with van der Waals surface area (Å²) in [4.78, 5) is 29.7. The quantitative estimate of drug-likeness (QED) is 0.920. The number of hydrogen-bond donors (Lipinski definition) is 1. The minimum absolute atomic E-state index is 0.0578. The fourth-order valence-electron chi connectivity index (χ4n) is 2.59. The highest BCUT2D eigenvalue weighted by Gasteiger charge is 2.33. The van der Waals surface area contributed by atoms with Crippen LogP contribution >= 0.6 is 0 Å². The van der Waals surface area contributed by atoms with E-state index in [2.05, 4.69) is 11.1 Å². The van der Waals surface area contributed by atoms with Gasteiger partial charge in [0.1, 0.15) is 5.69 Å². The van der Waals surface area contributed by atoms with Gasteiger partial charge in [0.05, 0.1) is 5.56 Å². The maximum atomic E-state index is 12.8. The van der Waals surface area contributed by atoms with Gasteiger partial charge in [-0.2, -0.15) is 0 Å². The lowest BCUT2D eigenvalue weighted by Crippen LogP contribution is -2.32. The highest BCUT2D eigenvalue weighted by Crippen LogP contribution is 2.30. The summed E-state index contributed by atoms with van der Waals surface area (Å²) in [7, 11) is 0. The van der Waals surface area contributed by atoms with Crippen LogP contribution in [0.5, 0.6) is 0 Å². The van der Waals surface area contributed by atoms with Crippen LogP contribution in [-0.4, -0.2) is 27.7 Å². The Kier molecular flexibility index (Phi) is 4.10. The van der Waals surface area contributed by atoms with Crippen LogP contribution in [0.15, 0.2) is 42.6 Å². The first-order chi connectivity index (χ1) is 11.0. The predicted octanol–water partition coefficient (Wildman–Crippen LogP) is 2.29. The zero-order valence-electron chi connectivity index (χ0n) is 13.0. The number of amides is 2. The van der Waals surface area contributed by atoms with Crippen molar-refractivity contribution in [2.75, 3.05) is 0 Å². The van der Waals surface area contributed by atoms with Gasteiger partial charge in [-0.1, -0.05) is 29.8 Å². The van der Waals surface area contributed by atoms with Gasteiger partial charge < -0.3 is 10.6 Å². The van der Waals surface area contributed by atoms with Gasteiger partial charge in [0.25, 0.3) is 11.8 Å². The number of nitrogens with two attached hydrogens (primary N) is 1. The second kappa shape index (κ2) is 6.20. The smallest absolute Gasteiger partial charge is 0.267 e. The summed E-state index contributed by atoms with van der Waals surface area (Å²) in [6.07, 6.45) is 3.49. The van der Waals surface area contributed by atoms with E-state index in [-0.39, 0.29) is 11.6 Å². The number of pyridine rings is 1. The molecule has 1 aromatic carbocycles. The van der Waals surface area contributed by atoms with Gasteiger partial charge >= 0.3 is 0 Å². The zero-order chi connectivity index (χ0) is 16.4. The van der Waals surface area contributed by atoms with Gasteiger partial charge in [-0.25, -0.2) is 0 Å². The molecule has 1 aromatic heterocycles. The van der Waals surface area contributed by atoms with Gasteiger partial charge in [0.15, 0.2) is 0 Å². The summed E-state index contributed by atoms with van der Waals surface area (Å²) in [5.74, 6) is -0.652. The third kappa shape index (κ3) is 3.56. The van der Waals surface area contributed by atoms with Crippen LogP contribution in [0, 0.1) is 6.92 Å². The topological polar surface area (TPSA) is 76.3 Å². The molecule has 0 spiro atoms. The zero-order valence-corrected chi connectivity index (χ0v) is 13.0. The highest BCUT2D eigenvalue weighted by molar-refractivity contribution is 5.96. The molecule has 0 bridgehead atoms. The molecular formula is C18H19N3O2. The van der Waals surface area contributed by atoms with Crippen molar-refractivity contribution < 1.29 is 9.59 Å². The number of nitrogens with zero attached hydrogens (tertiary/aromatic N) is 2. The third-order valence-electron chi connectivity index (χ3n) is 3.95. The Hall–Kier alpha value is -2.69.